The summed E-state index contributed by atoms with van der Waals surface area (Å²) in [5.74, 6) is -0.302. The summed E-state index contributed by atoms with van der Waals surface area (Å²) in [4.78, 5) is 23.1. The monoisotopic (exact) mass is 405 g/mol. The molecule has 0 spiro atoms. The molecule has 2 aromatic rings. The van der Waals surface area contributed by atoms with Crippen molar-refractivity contribution >= 4 is 46.6 Å². The summed E-state index contributed by atoms with van der Waals surface area (Å²) in [5.41, 5.74) is -0.475. The van der Waals surface area contributed by atoms with E-state index < -0.39 is 10.8 Å². The number of nitrogens with one attached hydrogen (secondary N) is 1. The van der Waals surface area contributed by atoms with Crippen LogP contribution in [0.4, 0.5) is 11.4 Å². The van der Waals surface area contributed by atoms with Crippen molar-refractivity contribution in [3.05, 3.63) is 61.6 Å². The molecule has 136 valence electrons. The molecule has 0 aromatic heterocycles. The number of halogens is 2. The quantitative estimate of drug-likeness (QED) is 0.353. The normalized spacial score (nSPS) is 12.4. The first-order valence-electron chi connectivity index (χ1n) is 7.36. The van der Waals surface area contributed by atoms with Crippen LogP contribution in [0.15, 0.2) is 35.9 Å². The Morgan fingerprint density at radius 3 is 2.67 bits per heavy atom. The molecule has 0 fully saturated rings. The lowest BCUT2D eigenvalue weighted by molar-refractivity contribution is -0.385. The van der Waals surface area contributed by atoms with E-state index in [1.54, 1.807) is 12.1 Å². The van der Waals surface area contributed by atoms with Crippen LogP contribution in [-0.4, -0.2) is 17.6 Å². The fraction of sp³-hybridized carbons (Fsp3) is 0.0588. The van der Waals surface area contributed by atoms with Crippen LogP contribution in [0, 0.1) is 21.4 Å². The number of hydrogen-bond acceptors (Lipinski definition) is 6. The van der Waals surface area contributed by atoms with Crippen molar-refractivity contribution < 1.29 is 19.2 Å². The van der Waals surface area contributed by atoms with E-state index in [-0.39, 0.29) is 50.8 Å². The Bertz CT molecular complexity index is 1030. The van der Waals surface area contributed by atoms with Crippen LogP contribution in [0.2, 0.25) is 10.0 Å². The number of fused-ring (bicyclic) bond motifs is 1. The van der Waals surface area contributed by atoms with Gasteiger partial charge in [0.25, 0.3) is 11.6 Å². The van der Waals surface area contributed by atoms with Crippen molar-refractivity contribution in [2.75, 3.05) is 12.1 Å². The highest BCUT2D eigenvalue weighted by Crippen LogP contribution is 2.39. The molecule has 10 heteroatoms. The zero-order valence-electron chi connectivity index (χ0n) is 13.4. The standard InChI is InChI=1S/C17H9Cl2N3O5/c18-11-2-1-3-12(16(11)19)21-17(23)10(7-20)4-9-5-14-15(27-8-26-14)6-13(9)22(24)25/h1-6H,8H2,(H,21,23)/b10-4+. The summed E-state index contributed by atoms with van der Waals surface area (Å²) < 4.78 is 10.3. The van der Waals surface area contributed by atoms with Gasteiger partial charge in [-0.3, -0.25) is 14.9 Å². The number of rotatable bonds is 4. The summed E-state index contributed by atoms with van der Waals surface area (Å²) in [6.07, 6.45) is 1.09. The van der Waals surface area contributed by atoms with Gasteiger partial charge in [0.2, 0.25) is 6.79 Å². The molecule has 27 heavy (non-hydrogen) atoms. The van der Waals surface area contributed by atoms with Crippen LogP contribution < -0.4 is 14.8 Å². The van der Waals surface area contributed by atoms with Gasteiger partial charge in [-0.15, -0.1) is 0 Å². The largest absolute Gasteiger partial charge is 0.454 e. The van der Waals surface area contributed by atoms with Gasteiger partial charge in [0.15, 0.2) is 11.5 Å². The van der Waals surface area contributed by atoms with Gasteiger partial charge in [-0.25, -0.2) is 0 Å². The predicted molar refractivity (Wildman–Crippen MR) is 97.9 cm³/mol. The second-order valence-electron chi connectivity index (χ2n) is 5.25. The molecule has 1 N–H and O–H groups in total. The molecule has 1 aliphatic rings. The van der Waals surface area contributed by atoms with Crippen LogP contribution in [0.1, 0.15) is 5.56 Å². The molecule has 0 bridgehead atoms. The van der Waals surface area contributed by atoms with Gasteiger partial charge in [0, 0.05) is 0 Å². The summed E-state index contributed by atoms with van der Waals surface area (Å²) in [6, 6.07) is 8.84. The van der Waals surface area contributed by atoms with Crippen LogP contribution >= 0.6 is 23.2 Å². The second kappa shape index (κ2) is 7.53. The molecular formula is C17H9Cl2N3O5. The highest BCUT2D eigenvalue weighted by molar-refractivity contribution is 6.44. The van der Waals surface area contributed by atoms with Crippen molar-refractivity contribution in [1.29, 1.82) is 5.26 Å². The SMILES string of the molecule is N#C/C(=C\c1cc2c(cc1[N+](=O)[O-])OCO2)C(=O)Nc1cccc(Cl)c1Cl. The van der Waals surface area contributed by atoms with Crippen LogP contribution in [0.3, 0.4) is 0 Å². The Morgan fingerprint density at radius 2 is 2.00 bits per heavy atom. The molecule has 0 atom stereocenters. The third-order valence-corrected chi connectivity index (χ3v) is 4.40. The number of carbonyl (C=O) groups is 1. The maximum atomic E-state index is 12.4. The molecule has 3 rings (SSSR count). The third-order valence-electron chi connectivity index (χ3n) is 3.58. The van der Waals surface area contributed by atoms with Crippen molar-refractivity contribution in [3.8, 4) is 17.6 Å². The molecule has 0 saturated heterocycles. The summed E-state index contributed by atoms with van der Waals surface area (Å²) in [5, 5.41) is 23.4. The van der Waals surface area contributed by atoms with Crippen LogP contribution in [0.5, 0.6) is 11.5 Å². The molecule has 0 aliphatic carbocycles. The van der Waals surface area contributed by atoms with Crippen LogP contribution in [0.25, 0.3) is 6.08 Å². The number of carbonyl (C=O) groups excluding carboxylic acids is 1. The van der Waals surface area contributed by atoms with E-state index >= 15 is 0 Å². The highest BCUT2D eigenvalue weighted by Gasteiger charge is 2.23. The van der Waals surface area contributed by atoms with E-state index in [9.17, 15) is 20.2 Å². The minimum atomic E-state index is -0.798. The van der Waals surface area contributed by atoms with Crippen molar-refractivity contribution in [2.24, 2.45) is 0 Å². The van der Waals surface area contributed by atoms with Gasteiger partial charge >= 0.3 is 0 Å². The Balaban J connectivity index is 1.97. The van der Waals surface area contributed by atoms with E-state index in [2.05, 4.69) is 5.32 Å². The maximum absolute atomic E-state index is 12.4. The molecule has 0 saturated carbocycles. The Morgan fingerprint density at radius 1 is 1.30 bits per heavy atom. The lowest BCUT2D eigenvalue weighted by atomic mass is 10.1. The average Bonchev–Trinajstić information content (AvgIpc) is 3.09. The lowest BCUT2D eigenvalue weighted by Gasteiger charge is -2.07. The van der Waals surface area contributed by atoms with E-state index in [0.717, 1.165) is 6.08 Å². The predicted octanol–water partition coefficient (Wildman–Crippen LogP) is 4.18. The molecule has 0 unspecified atom stereocenters. The molecule has 2 aromatic carbocycles. The minimum Gasteiger partial charge on any atom is -0.454 e. The van der Waals surface area contributed by atoms with E-state index in [1.165, 1.54) is 24.3 Å². The number of nitriles is 1. The fourth-order valence-electron chi connectivity index (χ4n) is 2.31. The molecule has 8 nitrogen and oxygen atoms in total. The van der Waals surface area contributed by atoms with Gasteiger partial charge in [-0.1, -0.05) is 29.3 Å². The number of nitro groups is 1. The smallest absolute Gasteiger partial charge is 0.280 e. The number of nitro benzene ring substituents is 1. The topological polar surface area (TPSA) is 114 Å². The Labute approximate surface area is 162 Å². The van der Waals surface area contributed by atoms with Crippen LogP contribution in [-0.2, 0) is 4.79 Å². The van der Waals surface area contributed by atoms with Crippen molar-refractivity contribution in [3.63, 3.8) is 0 Å². The zero-order chi connectivity index (χ0) is 19.6. The van der Waals surface area contributed by atoms with Crippen molar-refractivity contribution in [1.82, 2.24) is 0 Å². The fourth-order valence-corrected chi connectivity index (χ4v) is 2.66. The van der Waals surface area contributed by atoms with Gasteiger partial charge in [-0.05, 0) is 24.3 Å². The minimum absolute atomic E-state index is 0.0214. The number of hydrogen-bond donors (Lipinski definition) is 1. The third kappa shape index (κ3) is 3.79. The zero-order valence-corrected chi connectivity index (χ0v) is 14.9. The van der Waals surface area contributed by atoms with E-state index in [1.807, 2.05) is 0 Å². The molecule has 1 amide bonds. The van der Waals surface area contributed by atoms with Gasteiger partial charge in [0.05, 0.1) is 32.3 Å². The summed E-state index contributed by atoms with van der Waals surface area (Å²) >= 11 is 11.9. The number of ether oxygens (including phenoxy) is 2. The van der Waals surface area contributed by atoms with Crippen molar-refractivity contribution in [2.45, 2.75) is 0 Å². The number of amides is 1. The molecular weight excluding hydrogens is 397 g/mol. The lowest BCUT2D eigenvalue weighted by Crippen LogP contribution is -2.14. The number of nitrogens with zero attached hydrogens (tertiary/aromatic N) is 2. The average molecular weight is 406 g/mol. The van der Waals surface area contributed by atoms with Gasteiger partial charge in [0.1, 0.15) is 11.6 Å². The Hall–Kier alpha value is -3.28. The molecule has 0 radical (unpaired) electrons. The number of benzene rings is 2. The van der Waals surface area contributed by atoms with E-state index in [4.69, 9.17) is 32.7 Å². The first-order valence-corrected chi connectivity index (χ1v) is 8.11. The Kier molecular flexibility index (Phi) is 5.16. The summed E-state index contributed by atoms with van der Waals surface area (Å²) in [7, 11) is 0. The van der Waals surface area contributed by atoms with E-state index in [0.29, 0.717) is 0 Å². The molecule has 1 aliphatic heterocycles. The van der Waals surface area contributed by atoms with Gasteiger partial charge < -0.3 is 14.8 Å². The first kappa shape index (κ1) is 18.5. The summed E-state index contributed by atoms with van der Waals surface area (Å²) in [6.45, 7) is -0.0709. The first-order chi connectivity index (χ1) is 12.9. The van der Waals surface area contributed by atoms with Gasteiger partial charge in [-0.2, -0.15) is 5.26 Å². The molecule has 1 heterocycles. The highest BCUT2D eigenvalue weighted by atomic mass is 35.5. The second-order valence-corrected chi connectivity index (χ2v) is 6.03. The number of anilines is 1. The maximum Gasteiger partial charge on any atom is 0.280 e.